The first-order valence-corrected chi connectivity index (χ1v) is 9.08. The quantitative estimate of drug-likeness (QED) is 0.792. The van der Waals surface area contributed by atoms with Crippen molar-refractivity contribution in [1.29, 1.82) is 0 Å². The Balaban J connectivity index is 1.75. The summed E-state index contributed by atoms with van der Waals surface area (Å²) in [5, 5.41) is 0. The maximum Gasteiger partial charge on any atom is 0.269 e. The molecule has 8 heteroatoms. The second-order valence-corrected chi connectivity index (χ2v) is 7.77. The zero-order chi connectivity index (χ0) is 16.6. The van der Waals surface area contributed by atoms with Crippen molar-refractivity contribution in [3.63, 3.8) is 0 Å². The number of thioether (sulfide) groups is 1. The molecule has 1 amide bonds. The maximum absolute atomic E-state index is 13.5. The molecular weight excluding hydrogens is 344 g/mol. The van der Waals surface area contributed by atoms with Crippen LogP contribution in [-0.2, 0) is 10.0 Å². The van der Waals surface area contributed by atoms with E-state index < -0.39 is 27.6 Å². The standard InChI is InChI=1S/C15H11F2NO3S2/c16-10-5-6-12(17)13(9-10)22-8-7-18-15(19)11-3-1-2-4-14(11)23(18,20)21/h1-6,9H,7-8H2. The van der Waals surface area contributed by atoms with Gasteiger partial charge in [-0.3, -0.25) is 4.79 Å². The fraction of sp³-hybridized carbons (Fsp3) is 0.133. The van der Waals surface area contributed by atoms with Gasteiger partial charge in [-0.1, -0.05) is 12.1 Å². The van der Waals surface area contributed by atoms with Crippen LogP contribution in [0.25, 0.3) is 0 Å². The summed E-state index contributed by atoms with van der Waals surface area (Å²) in [6.07, 6.45) is 0. The molecule has 0 unspecified atom stereocenters. The molecule has 0 N–H and O–H groups in total. The summed E-state index contributed by atoms with van der Waals surface area (Å²) in [6.45, 7) is -0.115. The molecule has 120 valence electrons. The Kier molecular flexibility index (Phi) is 4.11. The summed E-state index contributed by atoms with van der Waals surface area (Å²) in [4.78, 5) is 12.2. The van der Waals surface area contributed by atoms with E-state index in [1.165, 1.54) is 12.1 Å². The Bertz CT molecular complexity index is 884. The van der Waals surface area contributed by atoms with Crippen LogP contribution in [0.5, 0.6) is 0 Å². The van der Waals surface area contributed by atoms with E-state index in [-0.39, 0.29) is 27.7 Å². The van der Waals surface area contributed by atoms with Gasteiger partial charge in [0.2, 0.25) is 0 Å². The van der Waals surface area contributed by atoms with Gasteiger partial charge in [-0.25, -0.2) is 21.5 Å². The van der Waals surface area contributed by atoms with Gasteiger partial charge in [0.1, 0.15) is 16.5 Å². The summed E-state index contributed by atoms with van der Waals surface area (Å²) in [5.41, 5.74) is 0.134. The number of benzene rings is 2. The minimum atomic E-state index is -3.87. The van der Waals surface area contributed by atoms with Crippen LogP contribution in [0.1, 0.15) is 10.4 Å². The Hall–Kier alpha value is -1.93. The summed E-state index contributed by atoms with van der Waals surface area (Å²) >= 11 is 0.956. The van der Waals surface area contributed by atoms with Gasteiger partial charge in [0.15, 0.2) is 0 Å². The summed E-state index contributed by atoms with van der Waals surface area (Å²) < 4.78 is 52.0. The maximum atomic E-state index is 13.5. The third-order valence-corrected chi connectivity index (χ3v) is 6.21. The van der Waals surface area contributed by atoms with E-state index >= 15 is 0 Å². The average molecular weight is 355 g/mol. The van der Waals surface area contributed by atoms with E-state index in [4.69, 9.17) is 0 Å². The van der Waals surface area contributed by atoms with Gasteiger partial charge in [-0.05, 0) is 30.3 Å². The summed E-state index contributed by atoms with van der Waals surface area (Å²) in [6, 6.07) is 9.01. The van der Waals surface area contributed by atoms with Crippen molar-refractivity contribution in [2.45, 2.75) is 9.79 Å². The number of hydrogen-bond acceptors (Lipinski definition) is 4. The molecule has 0 aliphatic carbocycles. The molecule has 2 aromatic carbocycles. The number of rotatable bonds is 4. The van der Waals surface area contributed by atoms with Crippen molar-refractivity contribution in [3.8, 4) is 0 Å². The van der Waals surface area contributed by atoms with Crippen LogP contribution in [0.4, 0.5) is 8.78 Å². The van der Waals surface area contributed by atoms with Gasteiger partial charge >= 0.3 is 0 Å². The summed E-state index contributed by atoms with van der Waals surface area (Å²) in [5.74, 6) is -1.64. The first kappa shape index (κ1) is 15.9. The number of halogens is 2. The molecule has 1 heterocycles. The van der Waals surface area contributed by atoms with Crippen molar-refractivity contribution in [3.05, 3.63) is 59.7 Å². The van der Waals surface area contributed by atoms with Crippen molar-refractivity contribution in [1.82, 2.24) is 4.31 Å². The highest BCUT2D eigenvalue weighted by Gasteiger charge is 2.40. The van der Waals surface area contributed by atoms with Crippen molar-refractivity contribution >= 4 is 27.7 Å². The van der Waals surface area contributed by atoms with Crippen molar-refractivity contribution < 1.29 is 22.0 Å². The second kappa shape index (κ2) is 5.93. The van der Waals surface area contributed by atoms with Crippen LogP contribution in [-0.4, -0.2) is 30.9 Å². The van der Waals surface area contributed by atoms with E-state index in [0.717, 1.165) is 34.3 Å². The third-order valence-electron chi connectivity index (χ3n) is 3.36. The number of amides is 1. The van der Waals surface area contributed by atoms with E-state index in [0.29, 0.717) is 0 Å². The van der Waals surface area contributed by atoms with Crippen LogP contribution >= 0.6 is 11.8 Å². The van der Waals surface area contributed by atoms with E-state index in [1.807, 2.05) is 0 Å². The molecule has 2 aromatic rings. The molecular formula is C15H11F2NO3S2. The fourth-order valence-corrected chi connectivity index (χ4v) is 4.86. The Morgan fingerprint density at radius 1 is 1.09 bits per heavy atom. The van der Waals surface area contributed by atoms with Gasteiger partial charge in [0, 0.05) is 17.2 Å². The Morgan fingerprint density at radius 2 is 1.83 bits per heavy atom. The largest absolute Gasteiger partial charge is 0.269 e. The van der Waals surface area contributed by atoms with Crippen molar-refractivity contribution in [2.24, 2.45) is 0 Å². The Labute approximate surface area is 136 Å². The molecule has 0 fully saturated rings. The van der Waals surface area contributed by atoms with E-state index in [1.54, 1.807) is 12.1 Å². The number of sulfonamides is 1. The highest BCUT2D eigenvalue weighted by atomic mass is 32.2. The molecule has 0 aromatic heterocycles. The molecule has 1 aliphatic heterocycles. The van der Waals surface area contributed by atoms with Gasteiger partial charge in [-0.15, -0.1) is 11.8 Å². The highest BCUT2D eigenvalue weighted by molar-refractivity contribution is 7.99. The van der Waals surface area contributed by atoms with Crippen LogP contribution in [0.2, 0.25) is 0 Å². The number of carbonyl (C=O) groups excluding carboxylic acids is 1. The summed E-state index contributed by atoms with van der Waals surface area (Å²) in [7, 11) is -3.87. The lowest BCUT2D eigenvalue weighted by Crippen LogP contribution is -2.32. The van der Waals surface area contributed by atoms with Gasteiger partial charge in [0.05, 0.1) is 5.56 Å². The minimum Gasteiger partial charge on any atom is -0.268 e. The SMILES string of the molecule is O=C1c2ccccc2S(=O)(=O)N1CCSc1cc(F)ccc1F. The zero-order valence-electron chi connectivity index (χ0n) is 11.7. The molecule has 0 atom stereocenters. The number of fused-ring (bicyclic) bond motifs is 1. The first-order valence-electron chi connectivity index (χ1n) is 6.65. The lowest BCUT2D eigenvalue weighted by atomic mass is 10.2. The van der Waals surface area contributed by atoms with Crippen molar-refractivity contribution in [2.75, 3.05) is 12.3 Å². The van der Waals surface area contributed by atoms with Crippen LogP contribution < -0.4 is 0 Å². The normalized spacial score (nSPS) is 15.7. The fourth-order valence-electron chi connectivity index (χ4n) is 2.28. The average Bonchev–Trinajstić information content (AvgIpc) is 2.72. The van der Waals surface area contributed by atoms with Gasteiger partial charge < -0.3 is 0 Å². The minimum absolute atomic E-state index is 0.0214. The van der Waals surface area contributed by atoms with Crippen LogP contribution in [0.3, 0.4) is 0 Å². The number of carbonyl (C=O) groups is 1. The predicted octanol–water partition coefficient (Wildman–Crippen LogP) is 2.90. The topological polar surface area (TPSA) is 54.5 Å². The molecule has 4 nitrogen and oxygen atoms in total. The number of nitrogens with zero attached hydrogens (tertiary/aromatic N) is 1. The molecule has 1 aliphatic rings. The van der Waals surface area contributed by atoms with Crippen LogP contribution in [0.15, 0.2) is 52.3 Å². The molecule has 23 heavy (non-hydrogen) atoms. The van der Waals surface area contributed by atoms with Gasteiger partial charge in [-0.2, -0.15) is 0 Å². The Morgan fingerprint density at radius 3 is 2.57 bits per heavy atom. The lowest BCUT2D eigenvalue weighted by molar-refractivity contribution is 0.0876. The molecule has 0 radical (unpaired) electrons. The lowest BCUT2D eigenvalue weighted by Gasteiger charge is -2.14. The third kappa shape index (κ3) is 2.84. The van der Waals surface area contributed by atoms with Crippen LogP contribution in [0, 0.1) is 11.6 Å². The molecule has 0 bridgehead atoms. The molecule has 0 saturated carbocycles. The first-order chi connectivity index (χ1) is 10.9. The number of hydrogen-bond donors (Lipinski definition) is 0. The smallest absolute Gasteiger partial charge is 0.268 e. The highest BCUT2D eigenvalue weighted by Crippen LogP contribution is 2.31. The predicted molar refractivity (Wildman–Crippen MR) is 81.7 cm³/mol. The second-order valence-electron chi connectivity index (χ2n) is 4.80. The monoisotopic (exact) mass is 355 g/mol. The zero-order valence-corrected chi connectivity index (χ0v) is 13.3. The molecule has 0 saturated heterocycles. The molecule has 3 rings (SSSR count). The van der Waals surface area contributed by atoms with E-state index in [2.05, 4.69) is 0 Å². The van der Waals surface area contributed by atoms with Gasteiger partial charge in [0.25, 0.3) is 15.9 Å². The molecule has 0 spiro atoms. The van der Waals surface area contributed by atoms with E-state index in [9.17, 15) is 22.0 Å².